The third-order valence-electron chi connectivity index (χ3n) is 4.48. The molecule has 1 aliphatic heterocycles. The number of aryl methyl sites for hydroxylation is 2. The van der Waals surface area contributed by atoms with Crippen molar-refractivity contribution in [1.29, 1.82) is 0 Å². The van der Waals surface area contributed by atoms with E-state index in [1.165, 1.54) is 0 Å². The van der Waals surface area contributed by atoms with E-state index in [9.17, 15) is 9.59 Å². The molecule has 0 fully saturated rings. The SMILES string of the molecule is Cc1ccc(C(=O)Oc2ccc3c(c2)OC(=Cc2cccc(C)c2)C3=O)cc1. The molecule has 0 amide bonds. The molecule has 0 aliphatic carbocycles. The minimum Gasteiger partial charge on any atom is -0.452 e. The zero-order chi connectivity index (χ0) is 19.7. The number of rotatable bonds is 3. The van der Waals surface area contributed by atoms with Gasteiger partial charge in [-0.25, -0.2) is 4.79 Å². The van der Waals surface area contributed by atoms with Crippen molar-refractivity contribution in [2.45, 2.75) is 13.8 Å². The summed E-state index contributed by atoms with van der Waals surface area (Å²) in [5.74, 6) is 0.322. The van der Waals surface area contributed by atoms with E-state index in [1.54, 1.807) is 36.4 Å². The third kappa shape index (κ3) is 3.58. The molecule has 0 N–H and O–H groups in total. The van der Waals surface area contributed by atoms with Gasteiger partial charge in [-0.2, -0.15) is 0 Å². The number of fused-ring (bicyclic) bond motifs is 1. The van der Waals surface area contributed by atoms with Crippen LogP contribution in [0, 0.1) is 13.8 Å². The first-order valence-corrected chi connectivity index (χ1v) is 8.93. The van der Waals surface area contributed by atoms with E-state index in [0.29, 0.717) is 22.6 Å². The van der Waals surface area contributed by atoms with E-state index in [0.717, 1.165) is 16.7 Å². The molecule has 0 bridgehead atoms. The molecule has 0 atom stereocenters. The molecule has 0 unspecified atom stereocenters. The van der Waals surface area contributed by atoms with Crippen molar-refractivity contribution in [2.24, 2.45) is 0 Å². The number of hydrogen-bond acceptors (Lipinski definition) is 4. The van der Waals surface area contributed by atoms with E-state index in [4.69, 9.17) is 9.47 Å². The van der Waals surface area contributed by atoms with Gasteiger partial charge in [-0.05, 0) is 49.8 Å². The van der Waals surface area contributed by atoms with E-state index in [2.05, 4.69) is 0 Å². The van der Waals surface area contributed by atoms with Crippen molar-refractivity contribution in [3.8, 4) is 11.5 Å². The van der Waals surface area contributed by atoms with Crippen LogP contribution in [-0.4, -0.2) is 11.8 Å². The Morgan fingerprint density at radius 1 is 0.929 bits per heavy atom. The average molecular weight is 370 g/mol. The number of ether oxygens (including phenoxy) is 2. The molecule has 0 aromatic heterocycles. The maximum atomic E-state index is 12.6. The summed E-state index contributed by atoms with van der Waals surface area (Å²) in [7, 11) is 0. The lowest BCUT2D eigenvalue weighted by Crippen LogP contribution is -2.08. The number of esters is 1. The van der Waals surface area contributed by atoms with Crippen LogP contribution < -0.4 is 9.47 Å². The summed E-state index contributed by atoms with van der Waals surface area (Å²) in [6, 6.07) is 19.7. The fourth-order valence-corrected chi connectivity index (χ4v) is 3.00. The number of carbonyl (C=O) groups is 2. The number of ketones is 1. The molecule has 3 aromatic carbocycles. The number of benzene rings is 3. The highest BCUT2D eigenvalue weighted by atomic mass is 16.5. The fourth-order valence-electron chi connectivity index (χ4n) is 3.00. The fraction of sp³-hybridized carbons (Fsp3) is 0.0833. The summed E-state index contributed by atoms with van der Waals surface area (Å²) in [5.41, 5.74) is 3.97. The predicted molar refractivity (Wildman–Crippen MR) is 107 cm³/mol. The number of allylic oxidation sites excluding steroid dienone is 1. The molecule has 1 aliphatic rings. The van der Waals surface area contributed by atoms with Gasteiger partial charge < -0.3 is 9.47 Å². The molecule has 0 spiro atoms. The van der Waals surface area contributed by atoms with Crippen LogP contribution in [0.1, 0.15) is 37.4 Å². The quantitative estimate of drug-likeness (QED) is 0.364. The van der Waals surface area contributed by atoms with E-state index >= 15 is 0 Å². The molecule has 1 heterocycles. The summed E-state index contributed by atoms with van der Waals surface area (Å²) in [6.07, 6.45) is 1.72. The topological polar surface area (TPSA) is 52.6 Å². The van der Waals surface area contributed by atoms with Crippen LogP contribution in [0.2, 0.25) is 0 Å². The molecule has 4 heteroatoms. The van der Waals surface area contributed by atoms with Crippen molar-refractivity contribution in [3.05, 3.63) is 100 Å². The Morgan fingerprint density at radius 2 is 1.71 bits per heavy atom. The van der Waals surface area contributed by atoms with Crippen LogP contribution in [0.3, 0.4) is 0 Å². The van der Waals surface area contributed by atoms with Gasteiger partial charge in [-0.1, -0.05) is 47.5 Å². The van der Waals surface area contributed by atoms with Crippen LogP contribution in [0.4, 0.5) is 0 Å². The predicted octanol–water partition coefficient (Wildman–Crippen LogP) is 5.14. The molecule has 4 rings (SSSR count). The van der Waals surface area contributed by atoms with Gasteiger partial charge in [-0.15, -0.1) is 0 Å². The molecular weight excluding hydrogens is 352 g/mol. The third-order valence-corrected chi connectivity index (χ3v) is 4.48. The molecule has 3 aromatic rings. The lowest BCUT2D eigenvalue weighted by atomic mass is 10.1. The Balaban J connectivity index is 1.55. The number of Topliss-reactive ketones (excluding diaryl/α,β-unsaturated/α-hetero) is 1. The first-order chi connectivity index (χ1) is 13.5. The zero-order valence-corrected chi connectivity index (χ0v) is 15.6. The monoisotopic (exact) mass is 370 g/mol. The Labute approximate surface area is 163 Å². The Hall–Kier alpha value is -3.66. The van der Waals surface area contributed by atoms with Crippen molar-refractivity contribution in [3.63, 3.8) is 0 Å². The van der Waals surface area contributed by atoms with Crippen LogP contribution in [0.15, 0.2) is 72.5 Å². The highest BCUT2D eigenvalue weighted by Gasteiger charge is 2.28. The lowest BCUT2D eigenvalue weighted by Gasteiger charge is -2.06. The van der Waals surface area contributed by atoms with Crippen molar-refractivity contribution in [2.75, 3.05) is 0 Å². The zero-order valence-electron chi connectivity index (χ0n) is 15.6. The summed E-state index contributed by atoms with van der Waals surface area (Å²) in [5, 5.41) is 0. The van der Waals surface area contributed by atoms with Crippen molar-refractivity contribution >= 4 is 17.8 Å². The average Bonchev–Trinajstić information content (AvgIpc) is 2.97. The van der Waals surface area contributed by atoms with E-state index < -0.39 is 5.97 Å². The van der Waals surface area contributed by atoms with Gasteiger partial charge >= 0.3 is 5.97 Å². The Bertz CT molecular complexity index is 1110. The number of carbonyl (C=O) groups excluding carboxylic acids is 2. The van der Waals surface area contributed by atoms with Gasteiger partial charge in [0.2, 0.25) is 5.78 Å². The second-order valence-corrected chi connectivity index (χ2v) is 6.77. The molecule has 4 nitrogen and oxygen atoms in total. The maximum absolute atomic E-state index is 12.6. The maximum Gasteiger partial charge on any atom is 0.343 e. The largest absolute Gasteiger partial charge is 0.452 e. The van der Waals surface area contributed by atoms with E-state index in [-0.39, 0.29) is 11.5 Å². The second kappa shape index (κ2) is 7.16. The molecule has 28 heavy (non-hydrogen) atoms. The molecule has 0 radical (unpaired) electrons. The normalized spacial score (nSPS) is 13.9. The van der Waals surface area contributed by atoms with Gasteiger partial charge in [0.1, 0.15) is 11.5 Å². The minimum absolute atomic E-state index is 0.187. The van der Waals surface area contributed by atoms with Crippen molar-refractivity contribution in [1.82, 2.24) is 0 Å². The Morgan fingerprint density at radius 3 is 2.46 bits per heavy atom. The van der Waals surface area contributed by atoms with Crippen LogP contribution in [0.5, 0.6) is 11.5 Å². The first kappa shape index (κ1) is 17.7. The highest BCUT2D eigenvalue weighted by Crippen LogP contribution is 2.35. The van der Waals surface area contributed by atoms with Gasteiger partial charge in [0.25, 0.3) is 0 Å². The standard InChI is InChI=1S/C24H18O4/c1-15-6-8-18(9-7-15)24(26)27-19-10-11-20-21(14-19)28-22(23(20)25)13-17-5-3-4-16(2)12-17/h3-14H,1-2H3. The smallest absolute Gasteiger partial charge is 0.343 e. The first-order valence-electron chi connectivity index (χ1n) is 8.93. The summed E-state index contributed by atoms with van der Waals surface area (Å²) < 4.78 is 11.1. The van der Waals surface area contributed by atoms with Gasteiger partial charge in [0.15, 0.2) is 5.76 Å². The van der Waals surface area contributed by atoms with Crippen LogP contribution in [-0.2, 0) is 0 Å². The molecular formula is C24H18O4. The summed E-state index contributed by atoms with van der Waals surface area (Å²) in [4.78, 5) is 24.9. The minimum atomic E-state index is -0.459. The highest BCUT2D eigenvalue weighted by molar-refractivity contribution is 6.14. The van der Waals surface area contributed by atoms with E-state index in [1.807, 2.05) is 50.2 Å². The van der Waals surface area contributed by atoms with Gasteiger partial charge in [0.05, 0.1) is 11.1 Å². The summed E-state index contributed by atoms with van der Waals surface area (Å²) >= 11 is 0. The number of hydrogen-bond donors (Lipinski definition) is 0. The van der Waals surface area contributed by atoms with Gasteiger partial charge in [-0.3, -0.25) is 4.79 Å². The molecule has 138 valence electrons. The van der Waals surface area contributed by atoms with Gasteiger partial charge in [0, 0.05) is 6.07 Å². The molecule has 0 saturated heterocycles. The van der Waals surface area contributed by atoms with Crippen LogP contribution >= 0.6 is 0 Å². The summed E-state index contributed by atoms with van der Waals surface area (Å²) in [6.45, 7) is 3.94. The van der Waals surface area contributed by atoms with Crippen LogP contribution in [0.25, 0.3) is 6.08 Å². The Kier molecular flexibility index (Phi) is 4.53. The second-order valence-electron chi connectivity index (χ2n) is 6.77. The van der Waals surface area contributed by atoms with Crippen molar-refractivity contribution < 1.29 is 19.1 Å². The molecule has 0 saturated carbocycles. The lowest BCUT2D eigenvalue weighted by molar-refractivity contribution is 0.0734.